The number of nitrogens with one attached hydrogen (secondary N) is 1. The molecule has 0 aromatic heterocycles. The van der Waals surface area contributed by atoms with Crippen LogP contribution in [0.2, 0.25) is 5.02 Å². The van der Waals surface area contributed by atoms with E-state index in [2.05, 4.69) is 10.1 Å². The van der Waals surface area contributed by atoms with Crippen LogP contribution in [0.1, 0.15) is 28.8 Å². The molecule has 31 heavy (non-hydrogen) atoms. The Hall–Kier alpha value is -2.77. The van der Waals surface area contributed by atoms with E-state index in [1.807, 2.05) is 24.3 Å². The third kappa shape index (κ3) is 5.68. The van der Waals surface area contributed by atoms with Crippen molar-refractivity contribution in [2.24, 2.45) is 0 Å². The smallest absolute Gasteiger partial charge is 0.343 e. The Balaban J connectivity index is 1.73. The van der Waals surface area contributed by atoms with Crippen molar-refractivity contribution < 1.29 is 28.5 Å². The summed E-state index contributed by atoms with van der Waals surface area (Å²) in [6.45, 7) is 1.46. The zero-order valence-corrected chi connectivity index (χ0v) is 18.4. The van der Waals surface area contributed by atoms with Gasteiger partial charge in [0.2, 0.25) is 0 Å². The van der Waals surface area contributed by atoms with Gasteiger partial charge in [-0.2, -0.15) is 0 Å². The highest BCUT2D eigenvalue weighted by Crippen LogP contribution is 2.35. The van der Waals surface area contributed by atoms with Crippen molar-refractivity contribution in [3.05, 3.63) is 58.6 Å². The van der Waals surface area contributed by atoms with Crippen LogP contribution in [0.25, 0.3) is 0 Å². The fraction of sp³-hybridized carbons (Fsp3) is 0.391. The lowest BCUT2D eigenvalue weighted by molar-refractivity contribution is -0.142. The number of rotatable bonds is 8. The number of ether oxygens (including phenoxy) is 4. The molecule has 0 atom stereocenters. The Bertz CT molecular complexity index is 926. The van der Waals surface area contributed by atoms with Crippen LogP contribution < -0.4 is 14.8 Å². The van der Waals surface area contributed by atoms with Gasteiger partial charge in [-0.1, -0.05) is 23.7 Å². The van der Waals surface area contributed by atoms with Gasteiger partial charge in [0.1, 0.15) is 0 Å². The number of hydrogen-bond donors (Lipinski definition) is 1. The lowest BCUT2D eigenvalue weighted by Crippen LogP contribution is -2.44. The van der Waals surface area contributed by atoms with Gasteiger partial charge in [-0.25, -0.2) is 4.79 Å². The first-order valence-electron chi connectivity index (χ1n) is 9.97. The van der Waals surface area contributed by atoms with Crippen molar-refractivity contribution in [3.63, 3.8) is 0 Å². The summed E-state index contributed by atoms with van der Waals surface area (Å²) >= 11 is 6.21. The first kappa shape index (κ1) is 22.9. The number of benzene rings is 2. The number of carbonyl (C=O) groups is 2. The van der Waals surface area contributed by atoms with E-state index in [1.54, 1.807) is 18.2 Å². The predicted molar refractivity (Wildman–Crippen MR) is 116 cm³/mol. The summed E-state index contributed by atoms with van der Waals surface area (Å²) in [5.74, 6) is -0.0335. The maximum Gasteiger partial charge on any atom is 0.343 e. The van der Waals surface area contributed by atoms with Gasteiger partial charge in [0.05, 0.1) is 14.2 Å². The molecule has 2 aromatic carbocycles. The summed E-state index contributed by atoms with van der Waals surface area (Å²) in [6.07, 6.45) is 1.58. The number of halogens is 1. The maximum absolute atomic E-state index is 12.9. The minimum absolute atomic E-state index is 0.231. The van der Waals surface area contributed by atoms with E-state index in [1.165, 1.54) is 14.2 Å². The molecule has 0 radical (unpaired) electrons. The van der Waals surface area contributed by atoms with E-state index in [0.29, 0.717) is 41.8 Å². The number of methoxy groups -OCH3 is 2. The quantitative estimate of drug-likeness (QED) is 0.624. The number of hydrogen-bond acceptors (Lipinski definition) is 6. The van der Waals surface area contributed by atoms with Gasteiger partial charge in [0.25, 0.3) is 5.91 Å². The van der Waals surface area contributed by atoms with Crippen LogP contribution in [0, 0.1) is 0 Å². The van der Waals surface area contributed by atoms with Gasteiger partial charge < -0.3 is 24.3 Å². The topological polar surface area (TPSA) is 83.1 Å². The Morgan fingerprint density at radius 2 is 1.87 bits per heavy atom. The fourth-order valence-electron chi connectivity index (χ4n) is 3.62. The molecular formula is C23H26ClNO6. The highest BCUT2D eigenvalue weighted by Gasteiger charge is 2.35. The summed E-state index contributed by atoms with van der Waals surface area (Å²) in [7, 11) is 2.75. The van der Waals surface area contributed by atoms with Crippen molar-refractivity contribution in [2.45, 2.75) is 18.3 Å². The molecule has 1 aliphatic rings. The van der Waals surface area contributed by atoms with Crippen LogP contribution in [0.3, 0.4) is 0 Å². The second-order valence-electron chi connectivity index (χ2n) is 7.32. The van der Waals surface area contributed by atoms with Crippen molar-refractivity contribution in [2.75, 3.05) is 40.6 Å². The normalized spacial score (nSPS) is 15.1. The minimum atomic E-state index is -0.508. The van der Waals surface area contributed by atoms with Crippen LogP contribution in [0.4, 0.5) is 0 Å². The average Bonchev–Trinajstić information content (AvgIpc) is 2.81. The molecule has 3 rings (SSSR count). The number of amides is 1. The Morgan fingerprint density at radius 3 is 2.55 bits per heavy atom. The molecule has 1 heterocycles. The maximum atomic E-state index is 12.9. The van der Waals surface area contributed by atoms with E-state index in [4.69, 9.17) is 25.8 Å². The van der Waals surface area contributed by atoms with Crippen LogP contribution in [0.5, 0.6) is 11.5 Å². The number of carbonyl (C=O) groups excluding carboxylic acids is 2. The lowest BCUT2D eigenvalue weighted by atomic mass is 9.74. The van der Waals surface area contributed by atoms with Crippen molar-refractivity contribution >= 4 is 23.5 Å². The highest BCUT2D eigenvalue weighted by atomic mass is 35.5. The van der Waals surface area contributed by atoms with Gasteiger partial charge in [-0.05, 0) is 48.7 Å². The summed E-state index contributed by atoms with van der Waals surface area (Å²) < 4.78 is 20.8. The zero-order valence-electron chi connectivity index (χ0n) is 17.6. The summed E-state index contributed by atoms with van der Waals surface area (Å²) in [6, 6.07) is 12.6. The fourth-order valence-corrected chi connectivity index (χ4v) is 3.81. The summed E-state index contributed by atoms with van der Waals surface area (Å²) in [5.41, 5.74) is 1.27. The molecule has 8 heteroatoms. The van der Waals surface area contributed by atoms with Crippen LogP contribution in [-0.4, -0.2) is 52.5 Å². The van der Waals surface area contributed by atoms with Crippen molar-refractivity contribution in [1.82, 2.24) is 5.32 Å². The van der Waals surface area contributed by atoms with Crippen LogP contribution >= 0.6 is 11.6 Å². The Labute approximate surface area is 186 Å². The van der Waals surface area contributed by atoms with Crippen LogP contribution in [-0.2, 0) is 19.7 Å². The molecule has 166 valence electrons. The molecule has 0 saturated carbocycles. The largest absolute Gasteiger partial charge is 0.493 e. The molecule has 1 N–H and O–H groups in total. The molecule has 0 aliphatic carbocycles. The average molecular weight is 448 g/mol. The predicted octanol–water partition coefficient (Wildman–Crippen LogP) is 3.38. The second kappa shape index (κ2) is 10.5. The first-order valence-corrected chi connectivity index (χ1v) is 10.3. The molecule has 0 unspecified atom stereocenters. The van der Waals surface area contributed by atoms with Gasteiger partial charge in [0.15, 0.2) is 18.1 Å². The minimum Gasteiger partial charge on any atom is -0.493 e. The van der Waals surface area contributed by atoms with E-state index in [0.717, 1.165) is 18.4 Å². The van der Waals surface area contributed by atoms with E-state index in [-0.39, 0.29) is 17.9 Å². The molecule has 2 aromatic rings. The monoisotopic (exact) mass is 447 g/mol. The van der Waals surface area contributed by atoms with Gasteiger partial charge in [-0.15, -0.1) is 0 Å². The van der Waals surface area contributed by atoms with E-state index >= 15 is 0 Å². The van der Waals surface area contributed by atoms with E-state index in [9.17, 15) is 9.59 Å². The number of esters is 1. The van der Waals surface area contributed by atoms with Gasteiger partial charge in [-0.3, -0.25) is 4.79 Å². The molecule has 0 spiro atoms. The molecular weight excluding hydrogens is 422 g/mol. The van der Waals surface area contributed by atoms with Gasteiger partial charge in [0, 0.05) is 35.8 Å². The molecule has 1 saturated heterocycles. The molecule has 1 amide bonds. The van der Waals surface area contributed by atoms with Crippen molar-refractivity contribution in [1.29, 1.82) is 0 Å². The highest BCUT2D eigenvalue weighted by molar-refractivity contribution is 6.30. The summed E-state index contributed by atoms with van der Waals surface area (Å²) in [4.78, 5) is 24.2. The Kier molecular flexibility index (Phi) is 7.76. The SMILES string of the molecule is COC(=O)COc1ccc(C(=O)NCC2(c3cccc(Cl)c3)CCOCC2)cc1OC. The third-order valence-corrected chi connectivity index (χ3v) is 5.71. The van der Waals surface area contributed by atoms with Crippen molar-refractivity contribution in [3.8, 4) is 11.5 Å². The zero-order chi connectivity index (χ0) is 22.3. The third-order valence-electron chi connectivity index (χ3n) is 5.47. The first-order chi connectivity index (χ1) is 15.0. The van der Waals surface area contributed by atoms with E-state index < -0.39 is 5.97 Å². The lowest BCUT2D eigenvalue weighted by Gasteiger charge is -2.38. The summed E-state index contributed by atoms with van der Waals surface area (Å²) in [5, 5.41) is 3.72. The van der Waals surface area contributed by atoms with Gasteiger partial charge >= 0.3 is 5.97 Å². The molecule has 1 fully saturated rings. The Morgan fingerprint density at radius 1 is 1.10 bits per heavy atom. The molecule has 0 bridgehead atoms. The standard InChI is InChI=1S/C23H26ClNO6/c1-28-20-12-16(6-7-19(20)31-14-21(26)29-2)22(27)25-15-23(8-10-30-11-9-23)17-4-3-5-18(24)13-17/h3-7,12-13H,8-11,14-15H2,1-2H3,(H,25,27). The molecule has 1 aliphatic heterocycles. The molecule has 7 nitrogen and oxygen atoms in total. The second-order valence-corrected chi connectivity index (χ2v) is 7.75. The van der Waals surface area contributed by atoms with Crippen LogP contribution in [0.15, 0.2) is 42.5 Å².